The summed E-state index contributed by atoms with van der Waals surface area (Å²) in [6.07, 6.45) is 0. The molecule has 3 aromatic rings. The number of hydrogen-bond donors (Lipinski definition) is 2. The second kappa shape index (κ2) is 9.32. The molecule has 0 unspecified atom stereocenters. The van der Waals surface area contributed by atoms with Crippen LogP contribution in [0.4, 0.5) is 10.1 Å². The number of anilines is 1. The number of amides is 2. The van der Waals surface area contributed by atoms with E-state index >= 15 is 0 Å². The summed E-state index contributed by atoms with van der Waals surface area (Å²) in [5, 5.41) is 5.06. The summed E-state index contributed by atoms with van der Waals surface area (Å²) in [6, 6.07) is 22.3. The van der Waals surface area contributed by atoms with Crippen LogP contribution in [0.25, 0.3) is 0 Å². The number of hydrogen-bond acceptors (Lipinski definition) is 3. The highest BCUT2D eigenvalue weighted by atomic mass is 19.1. The van der Waals surface area contributed by atoms with Crippen LogP contribution < -0.4 is 15.4 Å². The molecule has 0 fully saturated rings. The van der Waals surface area contributed by atoms with Crippen LogP contribution in [0.5, 0.6) is 5.75 Å². The summed E-state index contributed by atoms with van der Waals surface area (Å²) >= 11 is 0. The molecule has 0 saturated carbocycles. The van der Waals surface area contributed by atoms with E-state index < -0.39 is 17.6 Å². The molecule has 6 heteroatoms. The monoisotopic (exact) mass is 378 g/mol. The number of nitrogens with one attached hydrogen (secondary N) is 2. The van der Waals surface area contributed by atoms with Crippen LogP contribution in [0, 0.1) is 5.82 Å². The number of halogens is 1. The zero-order valence-corrected chi connectivity index (χ0v) is 15.0. The fourth-order valence-corrected chi connectivity index (χ4v) is 2.48. The lowest BCUT2D eigenvalue weighted by Crippen LogP contribution is -2.33. The summed E-state index contributed by atoms with van der Waals surface area (Å²) in [5.74, 6) is -1.01. The summed E-state index contributed by atoms with van der Waals surface area (Å²) in [6.45, 7) is 0.189. The maximum absolute atomic E-state index is 13.5. The van der Waals surface area contributed by atoms with Gasteiger partial charge in [0.2, 0.25) is 5.91 Å². The summed E-state index contributed by atoms with van der Waals surface area (Å²) in [7, 11) is 0. The molecule has 0 heterocycles. The van der Waals surface area contributed by atoms with Crippen molar-refractivity contribution < 1.29 is 18.7 Å². The highest BCUT2D eigenvalue weighted by Gasteiger charge is 2.12. The van der Waals surface area contributed by atoms with Gasteiger partial charge < -0.3 is 15.4 Å². The lowest BCUT2D eigenvalue weighted by atomic mass is 10.2. The van der Waals surface area contributed by atoms with E-state index in [1.54, 1.807) is 30.3 Å². The van der Waals surface area contributed by atoms with Gasteiger partial charge in [0, 0.05) is 5.69 Å². The Labute approximate surface area is 162 Å². The standard InChI is InChI=1S/C22H19FN2O3/c23-20-9-5-4-8-19(20)22(27)24-14-21(26)25-17-10-12-18(13-11-17)28-15-16-6-2-1-3-7-16/h1-13H,14-15H2,(H,24,27)(H,25,26). The molecule has 3 rings (SSSR count). The molecule has 0 aliphatic rings. The smallest absolute Gasteiger partial charge is 0.254 e. The first-order chi connectivity index (χ1) is 13.6. The van der Waals surface area contributed by atoms with Gasteiger partial charge in [-0.25, -0.2) is 4.39 Å². The van der Waals surface area contributed by atoms with Crippen molar-refractivity contribution in [2.24, 2.45) is 0 Å². The molecule has 2 amide bonds. The largest absolute Gasteiger partial charge is 0.489 e. The molecule has 0 atom stereocenters. The molecule has 0 aliphatic heterocycles. The summed E-state index contributed by atoms with van der Waals surface area (Å²) in [5.41, 5.74) is 1.53. The Morgan fingerprint density at radius 3 is 2.25 bits per heavy atom. The van der Waals surface area contributed by atoms with Crippen LogP contribution in [0.1, 0.15) is 15.9 Å². The van der Waals surface area contributed by atoms with Gasteiger partial charge in [0.15, 0.2) is 0 Å². The van der Waals surface area contributed by atoms with E-state index in [0.29, 0.717) is 18.0 Å². The lowest BCUT2D eigenvalue weighted by molar-refractivity contribution is -0.115. The third-order valence-corrected chi connectivity index (χ3v) is 3.91. The first-order valence-corrected chi connectivity index (χ1v) is 8.71. The average molecular weight is 378 g/mol. The second-order valence-corrected chi connectivity index (χ2v) is 6.01. The Kier molecular flexibility index (Phi) is 6.36. The zero-order valence-electron chi connectivity index (χ0n) is 15.0. The quantitative estimate of drug-likeness (QED) is 0.658. The van der Waals surface area contributed by atoms with Crippen molar-refractivity contribution in [2.75, 3.05) is 11.9 Å². The van der Waals surface area contributed by atoms with Crippen LogP contribution in [-0.4, -0.2) is 18.4 Å². The van der Waals surface area contributed by atoms with Gasteiger partial charge in [0.05, 0.1) is 12.1 Å². The summed E-state index contributed by atoms with van der Waals surface area (Å²) < 4.78 is 19.2. The van der Waals surface area contributed by atoms with Crippen molar-refractivity contribution in [2.45, 2.75) is 6.61 Å². The van der Waals surface area contributed by atoms with Gasteiger partial charge in [-0.1, -0.05) is 42.5 Å². The Balaban J connectivity index is 1.46. The minimum atomic E-state index is -0.641. The predicted molar refractivity (Wildman–Crippen MR) is 105 cm³/mol. The molecular weight excluding hydrogens is 359 g/mol. The second-order valence-electron chi connectivity index (χ2n) is 6.01. The van der Waals surface area contributed by atoms with E-state index in [4.69, 9.17) is 4.74 Å². The van der Waals surface area contributed by atoms with Crippen molar-refractivity contribution in [3.8, 4) is 5.75 Å². The van der Waals surface area contributed by atoms with Crippen molar-refractivity contribution in [3.63, 3.8) is 0 Å². The van der Waals surface area contributed by atoms with Gasteiger partial charge in [-0.15, -0.1) is 0 Å². The van der Waals surface area contributed by atoms with E-state index in [9.17, 15) is 14.0 Å². The van der Waals surface area contributed by atoms with Crippen molar-refractivity contribution in [1.82, 2.24) is 5.32 Å². The molecule has 0 bridgehead atoms. The van der Waals surface area contributed by atoms with E-state index in [0.717, 1.165) is 5.56 Å². The fourth-order valence-electron chi connectivity index (χ4n) is 2.48. The zero-order chi connectivity index (χ0) is 19.8. The Bertz CT molecular complexity index is 944. The lowest BCUT2D eigenvalue weighted by Gasteiger charge is -2.09. The van der Waals surface area contributed by atoms with Crippen molar-refractivity contribution in [3.05, 3.63) is 95.8 Å². The van der Waals surface area contributed by atoms with Gasteiger partial charge in [0.1, 0.15) is 18.2 Å². The number of carbonyl (C=O) groups is 2. The molecule has 0 aliphatic carbocycles. The van der Waals surface area contributed by atoms with Gasteiger partial charge in [-0.3, -0.25) is 9.59 Å². The van der Waals surface area contributed by atoms with Crippen molar-refractivity contribution >= 4 is 17.5 Å². The highest BCUT2D eigenvalue weighted by molar-refractivity contribution is 5.99. The van der Waals surface area contributed by atoms with Crippen LogP contribution in [0.3, 0.4) is 0 Å². The fraction of sp³-hybridized carbons (Fsp3) is 0.0909. The molecule has 0 radical (unpaired) electrons. The normalized spacial score (nSPS) is 10.2. The molecular formula is C22H19FN2O3. The molecule has 2 N–H and O–H groups in total. The van der Waals surface area contributed by atoms with E-state index in [-0.39, 0.29) is 12.1 Å². The molecule has 0 spiro atoms. The van der Waals surface area contributed by atoms with Crippen LogP contribution >= 0.6 is 0 Å². The molecule has 142 valence electrons. The number of carbonyl (C=O) groups excluding carboxylic acids is 2. The third kappa shape index (κ3) is 5.41. The third-order valence-electron chi connectivity index (χ3n) is 3.91. The number of ether oxygens (including phenoxy) is 1. The van der Waals surface area contributed by atoms with Gasteiger partial charge in [-0.2, -0.15) is 0 Å². The van der Waals surface area contributed by atoms with Gasteiger partial charge in [-0.05, 0) is 42.0 Å². The average Bonchev–Trinajstić information content (AvgIpc) is 2.72. The maximum Gasteiger partial charge on any atom is 0.254 e. The van der Waals surface area contributed by atoms with Crippen LogP contribution in [0.2, 0.25) is 0 Å². The molecule has 5 nitrogen and oxygen atoms in total. The minimum absolute atomic E-state index is 0.102. The summed E-state index contributed by atoms with van der Waals surface area (Å²) in [4.78, 5) is 23.9. The first kappa shape index (κ1) is 19.1. The number of rotatable bonds is 7. The number of benzene rings is 3. The van der Waals surface area contributed by atoms with Crippen molar-refractivity contribution in [1.29, 1.82) is 0 Å². The predicted octanol–water partition coefficient (Wildman–Crippen LogP) is 3.77. The van der Waals surface area contributed by atoms with E-state index in [1.165, 1.54) is 18.2 Å². The molecule has 3 aromatic carbocycles. The van der Waals surface area contributed by atoms with E-state index in [1.807, 2.05) is 30.3 Å². The Morgan fingerprint density at radius 1 is 0.857 bits per heavy atom. The molecule has 0 aromatic heterocycles. The Hall–Kier alpha value is -3.67. The SMILES string of the molecule is O=C(CNC(=O)c1ccccc1F)Nc1ccc(OCc2ccccc2)cc1. The highest BCUT2D eigenvalue weighted by Crippen LogP contribution is 2.17. The molecule has 28 heavy (non-hydrogen) atoms. The van der Waals surface area contributed by atoms with Crippen LogP contribution in [-0.2, 0) is 11.4 Å². The first-order valence-electron chi connectivity index (χ1n) is 8.71. The van der Waals surface area contributed by atoms with Gasteiger partial charge >= 0.3 is 0 Å². The maximum atomic E-state index is 13.5. The molecule has 0 saturated heterocycles. The Morgan fingerprint density at radius 2 is 1.54 bits per heavy atom. The van der Waals surface area contributed by atoms with Crippen LogP contribution in [0.15, 0.2) is 78.9 Å². The minimum Gasteiger partial charge on any atom is -0.489 e. The van der Waals surface area contributed by atoms with E-state index in [2.05, 4.69) is 10.6 Å². The van der Waals surface area contributed by atoms with Gasteiger partial charge in [0.25, 0.3) is 5.91 Å². The topological polar surface area (TPSA) is 67.4 Å².